The van der Waals surface area contributed by atoms with Crippen LogP contribution in [0.3, 0.4) is 0 Å². The van der Waals surface area contributed by atoms with Gasteiger partial charge in [-0.1, -0.05) is 13.8 Å². The van der Waals surface area contributed by atoms with Gasteiger partial charge in [-0.15, -0.1) is 0 Å². The first-order chi connectivity index (χ1) is 6.56. The monoisotopic (exact) mass is 201 g/mol. The fourth-order valence-electron chi connectivity index (χ4n) is 1.27. The summed E-state index contributed by atoms with van der Waals surface area (Å²) in [5.74, 6) is 0.643. The zero-order valence-corrected chi connectivity index (χ0v) is 9.88. The van der Waals surface area contributed by atoms with Crippen molar-refractivity contribution in [3.05, 3.63) is 0 Å². The predicted molar refractivity (Wildman–Crippen MR) is 58.2 cm³/mol. The predicted octanol–water partition coefficient (Wildman–Crippen LogP) is 1.92. The van der Waals surface area contributed by atoms with Crippen molar-refractivity contribution in [3.63, 3.8) is 0 Å². The van der Waals surface area contributed by atoms with E-state index in [1.807, 2.05) is 7.05 Å². The first-order valence-electron chi connectivity index (χ1n) is 5.31. The second-order valence-corrected chi connectivity index (χ2v) is 4.17. The molecule has 0 aliphatic carbocycles. The number of hydrogen-bond donors (Lipinski definition) is 0. The van der Waals surface area contributed by atoms with Gasteiger partial charge >= 0.3 is 5.97 Å². The van der Waals surface area contributed by atoms with Crippen molar-refractivity contribution in [1.29, 1.82) is 0 Å². The van der Waals surface area contributed by atoms with Gasteiger partial charge in [-0.05, 0) is 32.4 Å². The molecule has 0 aliphatic heterocycles. The molecule has 3 nitrogen and oxygen atoms in total. The van der Waals surface area contributed by atoms with E-state index in [1.54, 1.807) is 0 Å². The lowest BCUT2D eigenvalue weighted by Crippen LogP contribution is -2.23. The Labute approximate surface area is 87.4 Å². The highest BCUT2D eigenvalue weighted by Gasteiger charge is 2.04. The lowest BCUT2D eigenvalue weighted by Gasteiger charge is -2.16. The SMILES string of the molecule is COC(=O)CCN(C)CCCC(C)C. The van der Waals surface area contributed by atoms with E-state index in [0.717, 1.165) is 19.0 Å². The third kappa shape index (κ3) is 8.05. The lowest BCUT2D eigenvalue weighted by molar-refractivity contribution is -0.140. The van der Waals surface area contributed by atoms with Crippen LogP contribution in [0, 0.1) is 5.92 Å². The zero-order valence-electron chi connectivity index (χ0n) is 9.88. The van der Waals surface area contributed by atoms with Crippen LogP contribution in [-0.4, -0.2) is 38.1 Å². The van der Waals surface area contributed by atoms with Gasteiger partial charge in [0.2, 0.25) is 0 Å². The molecular weight excluding hydrogens is 178 g/mol. The minimum Gasteiger partial charge on any atom is -0.469 e. The summed E-state index contributed by atoms with van der Waals surface area (Å²) in [6, 6.07) is 0. The summed E-state index contributed by atoms with van der Waals surface area (Å²) < 4.78 is 4.58. The molecule has 84 valence electrons. The van der Waals surface area contributed by atoms with Crippen LogP contribution in [0.1, 0.15) is 33.1 Å². The molecule has 0 aliphatic rings. The molecule has 0 radical (unpaired) electrons. The first-order valence-corrected chi connectivity index (χ1v) is 5.31. The van der Waals surface area contributed by atoms with Gasteiger partial charge in [0, 0.05) is 6.54 Å². The Balaban J connectivity index is 3.36. The fourth-order valence-corrected chi connectivity index (χ4v) is 1.27. The van der Waals surface area contributed by atoms with Crippen LogP contribution in [0.5, 0.6) is 0 Å². The highest BCUT2D eigenvalue weighted by Crippen LogP contribution is 2.04. The number of carbonyl (C=O) groups excluding carboxylic acids is 1. The molecule has 0 amide bonds. The first kappa shape index (κ1) is 13.4. The van der Waals surface area contributed by atoms with Crippen LogP contribution < -0.4 is 0 Å². The molecule has 0 rings (SSSR count). The molecule has 0 atom stereocenters. The van der Waals surface area contributed by atoms with Gasteiger partial charge in [-0.2, -0.15) is 0 Å². The quantitative estimate of drug-likeness (QED) is 0.589. The molecule has 0 saturated heterocycles. The molecule has 0 aromatic carbocycles. The fraction of sp³-hybridized carbons (Fsp3) is 0.909. The normalized spacial score (nSPS) is 11.0. The van der Waals surface area contributed by atoms with E-state index < -0.39 is 0 Å². The molecule has 0 fully saturated rings. The molecule has 0 saturated carbocycles. The highest BCUT2D eigenvalue weighted by atomic mass is 16.5. The van der Waals surface area contributed by atoms with Crippen LogP contribution >= 0.6 is 0 Å². The van der Waals surface area contributed by atoms with E-state index in [4.69, 9.17) is 0 Å². The lowest BCUT2D eigenvalue weighted by atomic mass is 10.1. The zero-order chi connectivity index (χ0) is 11.0. The minimum absolute atomic E-state index is 0.124. The van der Waals surface area contributed by atoms with Gasteiger partial charge in [-0.3, -0.25) is 4.79 Å². The Morgan fingerprint density at radius 2 is 2.00 bits per heavy atom. The van der Waals surface area contributed by atoms with Crippen molar-refractivity contribution < 1.29 is 9.53 Å². The number of methoxy groups -OCH3 is 1. The van der Waals surface area contributed by atoms with Crippen molar-refractivity contribution in [2.75, 3.05) is 27.2 Å². The Hall–Kier alpha value is -0.570. The van der Waals surface area contributed by atoms with Crippen LogP contribution in [0.25, 0.3) is 0 Å². The van der Waals surface area contributed by atoms with Gasteiger partial charge < -0.3 is 9.64 Å². The van der Waals surface area contributed by atoms with Gasteiger partial charge in [0.05, 0.1) is 13.5 Å². The highest BCUT2D eigenvalue weighted by molar-refractivity contribution is 5.69. The van der Waals surface area contributed by atoms with E-state index >= 15 is 0 Å². The Morgan fingerprint density at radius 3 is 2.50 bits per heavy atom. The number of ether oxygens (including phenoxy) is 1. The summed E-state index contributed by atoms with van der Waals surface area (Å²) in [5.41, 5.74) is 0. The van der Waals surface area contributed by atoms with Gasteiger partial charge in [0.25, 0.3) is 0 Å². The Kier molecular flexibility index (Phi) is 7.48. The van der Waals surface area contributed by atoms with Gasteiger partial charge in [0.15, 0.2) is 0 Å². The molecule has 0 aromatic heterocycles. The summed E-state index contributed by atoms with van der Waals surface area (Å²) in [5, 5.41) is 0. The second kappa shape index (κ2) is 7.80. The van der Waals surface area contributed by atoms with Crippen molar-refractivity contribution in [2.45, 2.75) is 33.1 Å². The van der Waals surface area contributed by atoms with Crippen LogP contribution in [0.2, 0.25) is 0 Å². The molecule has 0 heterocycles. The largest absolute Gasteiger partial charge is 0.469 e. The number of carbonyl (C=O) groups is 1. The van der Waals surface area contributed by atoms with Crippen molar-refractivity contribution >= 4 is 5.97 Å². The number of nitrogens with zero attached hydrogens (tertiary/aromatic N) is 1. The third-order valence-electron chi connectivity index (χ3n) is 2.25. The maximum absolute atomic E-state index is 10.8. The van der Waals surface area contributed by atoms with Crippen LogP contribution in [-0.2, 0) is 9.53 Å². The molecule has 3 heteroatoms. The second-order valence-electron chi connectivity index (χ2n) is 4.17. The van der Waals surface area contributed by atoms with Gasteiger partial charge in [0.1, 0.15) is 0 Å². The molecular formula is C11H23NO2. The topological polar surface area (TPSA) is 29.5 Å². The number of esters is 1. The van der Waals surface area contributed by atoms with Gasteiger partial charge in [-0.25, -0.2) is 0 Å². The van der Waals surface area contributed by atoms with E-state index in [1.165, 1.54) is 20.0 Å². The minimum atomic E-state index is -0.124. The summed E-state index contributed by atoms with van der Waals surface area (Å²) >= 11 is 0. The molecule has 0 aromatic rings. The van der Waals surface area contributed by atoms with Crippen LogP contribution in [0.15, 0.2) is 0 Å². The van der Waals surface area contributed by atoms with Crippen molar-refractivity contribution in [3.8, 4) is 0 Å². The molecule has 0 N–H and O–H groups in total. The maximum atomic E-state index is 10.8. The van der Waals surface area contributed by atoms with Crippen molar-refractivity contribution in [2.24, 2.45) is 5.92 Å². The summed E-state index contributed by atoms with van der Waals surface area (Å²) in [7, 11) is 3.48. The van der Waals surface area contributed by atoms with E-state index in [2.05, 4.69) is 23.5 Å². The van der Waals surface area contributed by atoms with E-state index in [0.29, 0.717) is 6.42 Å². The molecule has 0 spiro atoms. The maximum Gasteiger partial charge on any atom is 0.306 e. The molecule has 14 heavy (non-hydrogen) atoms. The van der Waals surface area contributed by atoms with Crippen molar-refractivity contribution in [1.82, 2.24) is 4.90 Å². The third-order valence-corrected chi connectivity index (χ3v) is 2.25. The molecule has 0 bridgehead atoms. The Morgan fingerprint density at radius 1 is 1.36 bits per heavy atom. The summed E-state index contributed by atoms with van der Waals surface area (Å²) in [4.78, 5) is 13.0. The number of rotatable bonds is 7. The standard InChI is InChI=1S/C11H23NO2/c1-10(2)6-5-8-12(3)9-7-11(13)14-4/h10H,5-9H2,1-4H3. The van der Waals surface area contributed by atoms with E-state index in [9.17, 15) is 4.79 Å². The molecule has 0 unspecified atom stereocenters. The van der Waals surface area contributed by atoms with E-state index in [-0.39, 0.29) is 5.97 Å². The smallest absolute Gasteiger partial charge is 0.306 e. The average molecular weight is 201 g/mol. The Bertz CT molecular complexity index is 157. The number of hydrogen-bond acceptors (Lipinski definition) is 3. The summed E-state index contributed by atoms with van der Waals surface area (Å²) in [6.07, 6.45) is 2.95. The average Bonchev–Trinajstić information content (AvgIpc) is 2.13. The van der Waals surface area contributed by atoms with Crippen LogP contribution in [0.4, 0.5) is 0 Å². The summed E-state index contributed by atoms with van der Waals surface area (Å²) in [6.45, 7) is 6.32.